The molecular weight excluding hydrogens is 1390 g/mol. The predicted octanol–water partition coefficient (Wildman–Crippen LogP) is 0.917. The van der Waals surface area contributed by atoms with Crippen LogP contribution in [0.5, 0.6) is 5.75 Å². The number of phenols is 1. The number of thiocarbonyl (C=S) groups is 1. The number of nitrogens with zero attached hydrogens (tertiary/aromatic N) is 5. The zero-order chi connectivity index (χ0) is 76.9. The van der Waals surface area contributed by atoms with E-state index in [9.17, 15) is 97.5 Å². The van der Waals surface area contributed by atoms with Crippen LogP contribution in [-0.4, -0.2) is 232 Å². The Morgan fingerprint density at radius 1 is 0.667 bits per heavy atom. The molecule has 9 atom stereocenters. The van der Waals surface area contributed by atoms with Crippen molar-refractivity contribution in [2.45, 2.75) is 184 Å². The van der Waals surface area contributed by atoms with E-state index in [2.05, 4.69) is 42.3 Å². The molecule has 36 heteroatoms. The van der Waals surface area contributed by atoms with E-state index in [4.69, 9.17) is 27.5 Å². The lowest BCUT2D eigenvalue weighted by molar-refractivity contribution is -0.146. The molecule has 1 aliphatic carbocycles. The maximum Gasteiger partial charge on any atom is 0.336 e. The lowest BCUT2D eigenvalue weighted by atomic mass is 9.90. The summed E-state index contributed by atoms with van der Waals surface area (Å²) in [4.78, 5) is 201. The van der Waals surface area contributed by atoms with Crippen molar-refractivity contribution >= 4 is 123 Å². The molecular formula is C69H87N13O22S. The highest BCUT2D eigenvalue weighted by Crippen LogP contribution is 2.43. The van der Waals surface area contributed by atoms with E-state index in [0.717, 1.165) is 14.8 Å². The van der Waals surface area contributed by atoms with Crippen LogP contribution < -0.4 is 48.4 Å². The second-order valence-electron chi connectivity index (χ2n) is 25.7. The van der Waals surface area contributed by atoms with Gasteiger partial charge < -0.3 is 92.7 Å². The van der Waals surface area contributed by atoms with Gasteiger partial charge in [0.05, 0.1) is 11.7 Å². The van der Waals surface area contributed by atoms with Gasteiger partial charge in [-0.3, -0.25) is 67.1 Å². The van der Waals surface area contributed by atoms with Gasteiger partial charge in [0.15, 0.2) is 10.5 Å². The quantitative estimate of drug-likeness (QED) is 0.00989. The fourth-order valence-corrected chi connectivity index (χ4v) is 12.8. The number of likely N-dealkylation sites (tertiary alicyclic amines) is 3. The van der Waals surface area contributed by atoms with E-state index in [1.807, 2.05) is 0 Å². The monoisotopic (exact) mass is 1480 g/mol. The number of aromatic hydroxyl groups is 1. The topological polar surface area (TPSA) is 526 Å². The van der Waals surface area contributed by atoms with Crippen LogP contribution in [0, 0.1) is 0 Å². The third-order valence-corrected chi connectivity index (χ3v) is 18.2. The molecule has 3 fully saturated rings. The van der Waals surface area contributed by atoms with Crippen LogP contribution in [0.15, 0.2) is 68.9 Å². The number of aliphatic carboxylic acids is 3. The molecule has 4 aliphatic heterocycles. The van der Waals surface area contributed by atoms with E-state index in [0.29, 0.717) is 54.3 Å². The van der Waals surface area contributed by atoms with Crippen LogP contribution >= 0.6 is 12.2 Å². The number of fused-ring (bicyclic) bond motifs is 2. The molecule has 0 bridgehead atoms. The standard InChI is InChI=1S/C69H87N13O22S/c1-4-5-28-72-82(35-54(87)80-30-9-12-49(80)62(96)76-46(22-25-56(90)91)61(95)75-45(60(70)94)21-24-55(88)89)66(100)36(2)73-65(99)59(37(3)83)78-64(98)50-13-10-31-81(50)67(101)47(23-26-57(92)93)77-63(97)48-11-8-29-79(48)53(86)14-6-7-27-71-69(105)74-38-15-18-41(68(102)103)44(32-38)58-42-19-16-39(84)33-51(42)104-52-34-40(85)17-20-43(52)58/h15-20,28,32-34,36-37,45-50,59,83-84H,4-14,21-27,29-31,35H2,1-3H3,(H2,70,94)(H,73,99)(H,75,95)(H,76,96)(H,77,97)(H,78,98)(H,88,89)(H,90,91)(H,92,93)(H,102,103)(H2,71,74,105)/b72-28+/t36-,37-,45-,46-,47-,48-,49-,50-,59-/m1/s1. The number of benzene rings is 3. The maximum absolute atomic E-state index is 14.5. The molecule has 0 aromatic heterocycles. The lowest BCUT2D eigenvalue weighted by Gasteiger charge is -2.32. The van der Waals surface area contributed by atoms with Crippen molar-refractivity contribution in [1.29, 1.82) is 0 Å². The van der Waals surface area contributed by atoms with E-state index in [1.165, 1.54) is 67.4 Å². The lowest BCUT2D eigenvalue weighted by Crippen LogP contribution is -2.60. The number of aliphatic hydroxyl groups excluding tert-OH is 1. The zero-order valence-corrected chi connectivity index (χ0v) is 58.8. The van der Waals surface area contributed by atoms with Crippen molar-refractivity contribution in [1.82, 2.24) is 51.6 Å². The fourth-order valence-electron chi connectivity index (χ4n) is 12.6. The number of rotatable bonds is 36. The number of carboxylic acids is 4. The van der Waals surface area contributed by atoms with Gasteiger partial charge >= 0.3 is 23.9 Å². The highest BCUT2D eigenvalue weighted by atomic mass is 32.1. The van der Waals surface area contributed by atoms with Crippen molar-refractivity contribution in [2.75, 3.05) is 38.0 Å². The number of anilines is 1. The molecule has 35 nitrogen and oxygen atoms in total. The molecule has 5 aliphatic rings. The Morgan fingerprint density at radius 2 is 1.25 bits per heavy atom. The number of nitrogens with one attached hydrogen (secondary N) is 7. The second kappa shape index (κ2) is 37.8. The number of aromatic carboxylic acids is 1. The minimum atomic E-state index is -1.77. The van der Waals surface area contributed by atoms with Gasteiger partial charge in [-0.1, -0.05) is 13.3 Å². The van der Waals surface area contributed by atoms with E-state index < -0.39 is 177 Å². The molecule has 0 spiro atoms. The molecule has 105 heavy (non-hydrogen) atoms. The van der Waals surface area contributed by atoms with Gasteiger partial charge in [-0.2, -0.15) is 5.10 Å². The summed E-state index contributed by atoms with van der Waals surface area (Å²) in [5, 5.41) is 83.4. The van der Waals surface area contributed by atoms with Crippen LogP contribution in [0.25, 0.3) is 33.4 Å². The number of nitrogens with two attached hydrogens (primary N) is 1. The summed E-state index contributed by atoms with van der Waals surface area (Å²) in [6.07, 6.45) is -0.554. The maximum atomic E-state index is 14.5. The number of carboxylic acid groups (broad SMARTS) is 4. The van der Waals surface area contributed by atoms with Crippen molar-refractivity contribution in [3.05, 3.63) is 70.4 Å². The number of hydrazone groups is 1. The summed E-state index contributed by atoms with van der Waals surface area (Å²) in [6, 6.07) is 1.48. The van der Waals surface area contributed by atoms with E-state index in [1.54, 1.807) is 19.1 Å². The SMILES string of the molecule is CCC/C=N/N(CC(=O)N1CCC[C@@H]1C(=O)N[C@H](CCC(=O)O)C(=O)N[C@H](CCC(=O)O)C(N)=O)C(=O)[C@@H](C)NC(=O)[C@H](NC(=O)[C@H]1CCCN1C(=O)[C@@H](CCC(=O)O)NC(=O)[C@H]1CCCN1C(=O)CCCCNC(=S)Nc1ccc(C(=O)O)c(-c2c3ccc(=O)cc-3oc3cc(O)ccc23)c1)[C@@H](C)O. The molecule has 2 aromatic carbocycles. The van der Waals surface area contributed by atoms with Crippen LogP contribution in [0.2, 0.25) is 0 Å². The van der Waals surface area contributed by atoms with Crippen LogP contribution in [0.3, 0.4) is 0 Å². The smallest absolute Gasteiger partial charge is 0.336 e. The molecule has 15 N–H and O–H groups in total. The minimum Gasteiger partial charge on any atom is -0.508 e. The average molecular weight is 1480 g/mol. The molecule has 3 saturated heterocycles. The first-order valence-electron chi connectivity index (χ1n) is 34.4. The number of amides is 10. The Labute approximate surface area is 606 Å². The molecule has 2 aromatic rings. The van der Waals surface area contributed by atoms with Crippen LogP contribution in [0.4, 0.5) is 5.69 Å². The first-order chi connectivity index (χ1) is 49.9. The number of phenolic OH excluding ortho intramolecular Hbond substituents is 1. The number of carbonyl (C=O) groups excluding carboxylic acids is 10. The Hall–Kier alpha value is -11.2. The summed E-state index contributed by atoms with van der Waals surface area (Å²) in [7, 11) is 0. The molecule has 0 unspecified atom stereocenters. The largest absolute Gasteiger partial charge is 0.508 e. The van der Waals surface area contributed by atoms with Crippen molar-refractivity contribution < 1.29 is 102 Å². The summed E-state index contributed by atoms with van der Waals surface area (Å²) >= 11 is 5.57. The number of primary amides is 1. The Bertz CT molecular complexity index is 4030. The number of carbonyl (C=O) groups is 14. The highest BCUT2D eigenvalue weighted by Gasteiger charge is 2.43. The van der Waals surface area contributed by atoms with Crippen molar-refractivity contribution in [2.24, 2.45) is 10.8 Å². The molecule has 4 heterocycles. The molecule has 0 saturated carbocycles. The molecule has 566 valence electrons. The summed E-state index contributed by atoms with van der Waals surface area (Å²) in [6.45, 7) is 3.83. The molecule has 10 amide bonds. The number of aliphatic hydroxyl groups is 1. The molecule has 0 radical (unpaired) electrons. The zero-order valence-electron chi connectivity index (χ0n) is 58.0. The van der Waals surface area contributed by atoms with Crippen LogP contribution in [-0.2, 0) is 62.3 Å². The number of hydrogen-bond donors (Lipinski definition) is 14. The highest BCUT2D eigenvalue weighted by molar-refractivity contribution is 7.80. The average Bonchev–Trinajstić information content (AvgIpc) is 0.989. The summed E-state index contributed by atoms with van der Waals surface area (Å²) in [5.74, 6) is -13.9. The van der Waals surface area contributed by atoms with Gasteiger partial charge in [0, 0.05) is 92.4 Å². The Balaban J connectivity index is 0.924. The first-order valence-corrected chi connectivity index (χ1v) is 34.8. The van der Waals surface area contributed by atoms with Crippen LogP contribution in [0.1, 0.15) is 140 Å². The Morgan fingerprint density at radius 3 is 1.85 bits per heavy atom. The van der Waals surface area contributed by atoms with Crippen molar-refractivity contribution in [3.63, 3.8) is 0 Å². The van der Waals surface area contributed by atoms with E-state index >= 15 is 0 Å². The van der Waals surface area contributed by atoms with Gasteiger partial charge in [0.1, 0.15) is 72.0 Å². The second-order valence-corrected chi connectivity index (χ2v) is 26.1. The number of unbranched alkanes of at least 4 members (excludes halogenated alkanes) is 2. The van der Waals surface area contributed by atoms with Gasteiger partial charge in [-0.25, -0.2) is 9.80 Å². The summed E-state index contributed by atoms with van der Waals surface area (Å²) in [5.41, 5.74) is 6.68. The summed E-state index contributed by atoms with van der Waals surface area (Å²) < 4.78 is 5.94. The van der Waals surface area contributed by atoms with Gasteiger partial charge in [0.2, 0.25) is 53.2 Å². The third kappa shape index (κ3) is 22.2. The van der Waals surface area contributed by atoms with Crippen molar-refractivity contribution in [3.8, 4) is 28.2 Å². The fraction of sp³-hybridized carbons (Fsp3) is 0.493. The minimum absolute atomic E-state index is 0.00557. The normalized spacial score (nSPS) is 17.3. The third-order valence-electron chi connectivity index (χ3n) is 18.0. The van der Waals surface area contributed by atoms with Gasteiger partial charge in [-0.15, -0.1) is 0 Å². The molecule has 7 rings (SSSR count). The Kier molecular flexibility index (Phi) is 29.2. The van der Waals surface area contributed by atoms with Gasteiger partial charge in [0.25, 0.3) is 5.91 Å². The van der Waals surface area contributed by atoms with E-state index in [-0.39, 0.29) is 109 Å². The van der Waals surface area contributed by atoms with Gasteiger partial charge in [-0.05, 0) is 151 Å². The first kappa shape index (κ1) is 81.1. The predicted molar refractivity (Wildman–Crippen MR) is 377 cm³/mol. The number of hydrogen-bond acceptors (Lipinski definition) is 20.